The van der Waals surface area contributed by atoms with Gasteiger partial charge in [-0.1, -0.05) is 25.7 Å². The van der Waals surface area contributed by atoms with Crippen LogP contribution in [0.25, 0.3) is 0 Å². The Labute approximate surface area is 117 Å². The second-order valence-corrected chi connectivity index (χ2v) is 6.31. The van der Waals surface area contributed by atoms with E-state index in [1.807, 2.05) is 0 Å². The normalized spacial score (nSPS) is 32.4. The topological polar surface area (TPSA) is 41.9 Å². The van der Waals surface area contributed by atoms with E-state index in [1.165, 1.54) is 25.7 Å². The minimum Gasteiger partial charge on any atom is -0.396 e. The summed E-state index contributed by atoms with van der Waals surface area (Å²) in [6.45, 7) is 3.16. The van der Waals surface area contributed by atoms with Crippen LogP contribution in [0.2, 0.25) is 0 Å². The van der Waals surface area contributed by atoms with E-state index in [-0.39, 0.29) is 17.6 Å². The van der Waals surface area contributed by atoms with Gasteiger partial charge in [-0.25, -0.2) is 0 Å². The van der Waals surface area contributed by atoms with Crippen LogP contribution in [0.4, 0.5) is 0 Å². The highest BCUT2D eigenvalue weighted by molar-refractivity contribution is 4.91. The minimum atomic E-state index is 0.109. The van der Waals surface area contributed by atoms with E-state index in [1.54, 1.807) is 14.2 Å². The summed E-state index contributed by atoms with van der Waals surface area (Å²) in [4.78, 5) is 2.42. The Balaban J connectivity index is 1.95. The molecule has 2 aliphatic rings. The summed E-state index contributed by atoms with van der Waals surface area (Å²) in [5.74, 6) is 0. The first-order valence-electron chi connectivity index (χ1n) is 7.62. The summed E-state index contributed by atoms with van der Waals surface area (Å²) < 4.78 is 11.0. The Hall–Kier alpha value is -0.160. The third-order valence-corrected chi connectivity index (χ3v) is 4.96. The molecule has 112 valence electrons. The average Bonchev–Trinajstić information content (AvgIpc) is 2.68. The van der Waals surface area contributed by atoms with Gasteiger partial charge >= 0.3 is 0 Å². The monoisotopic (exact) mass is 271 g/mol. The smallest absolute Gasteiger partial charge is 0.0971 e. The summed E-state index contributed by atoms with van der Waals surface area (Å²) in [5, 5.41) is 9.88. The average molecular weight is 271 g/mol. The lowest BCUT2D eigenvalue weighted by molar-refractivity contribution is -0.00461. The van der Waals surface area contributed by atoms with Crippen LogP contribution in [0, 0.1) is 5.41 Å². The third-order valence-electron chi connectivity index (χ3n) is 4.96. The molecule has 2 atom stereocenters. The van der Waals surface area contributed by atoms with Crippen molar-refractivity contribution in [3.63, 3.8) is 0 Å². The van der Waals surface area contributed by atoms with Crippen molar-refractivity contribution >= 4 is 0 Å². The van der Waals surface area contributed by atoms with Gasteiger partial charge in [-0.2, -0.15) is 0 Å². The maximum atomic E-state index is 9.88. The second kappa shape index (κ2) is 7.02. The van der Waals surface area contributed by atoms with Crippen LogP contribution >= 0.6 is 0 Å². The Morgan fingerprint density at radius 3 is 1.95 bits per heavy atom. The predicted octanol–water partition coefficient (Wildman–Crippen LogP) is 1.66. The van der Waals surface area contributed by atoms with Gasteiger partial charge in [0.1, 0.15) is 0 Å². The molecule has 1 saturated carbocycles. The van der Waals surface area contributed by atoms with Crippen LogP contribution < -0.4 is 0 Å². The zero-order valence-electron chi connectivity index (χ0n) is 12.4. The fraction of sp³-hybridized carbons (Fsp3) is 1.00. The van der Waals surface area contributed by atoms with E-state index in [9.17, 15) is 5.11 Å². The fourth-order valence-electron chi connectivity index (χ4n) is 3.72. The van der Waals surface area contributed by atoms with Gasteiger partial charge in [-0.05, 0) is 12.8 Å². The molecule has 0 radical (unpaired) electrons. The van der Waals surface area contributed by atoms with Gasteiger partial charge in [0.15, 0.2) is 0 Å². The highest BCUT2D eigenvalue weighted by atomic mass is 16.5. The van der Waals surface area contributed by atoms with E-state index in [2.05, 4.69) is 4.90 Å². The first-order valence-corrected chi connectivity index (χ1v) is 7.62. The van der Waals surface area contributed by atoms with Gasteiger partial charge in [0, 0.05) is 45.9 Å². The summed E-state index contributed by atoms with van der Waals surface area (Å²) in [5.41, 5.74) is 0.109. The van der Waals surface area contributed by atoms with Crippen molar-refractivity contribution in [2.24, 2.45) is 5.41 Å². The Bertz CT molecular complexity index is 252. The number of aliphatic hydroxyl groups is 1. The summed E-state index contributed by atoms with van der Waals surface area (Å²) in [6.07, 6.45) is 7.83. The molecule has 1 saturated heterocycles. The molecule has 1 heterocycles. The SMILES string of the molecule is COC1CN(CC2(CO)CCCCCC2)CC1OC. The molecule has 0 amide bonds. The van der Waals surface area contributed by atoms with Crippen molar-refractivity contribution in [1.29, 1.82) is 0 Å². The van der Waals surface area contributed by atoms with Gasteiger partial charge in [-0.15, -0.1) is 0 Å². The molecule has 2 rings (SSSR count). The van der Waals surface area contributed by atoms with Crippen molar-refractivity contribution in [2.45, 2.75) is 50.7 Å². The maximum absolute atomic E-state index is 9.88. The number of hydrogen-bond acceptors (Lipinski definition) is 4. The molecule has 1 aliphatic heterocycles. The molecule has 1 aliphatic carbocycles. The highest BCUT2D eigenvalue weighted by Gasteiger charge is 2.38. The van der Waals surface area contributed by atoms with Gasteiger partial charge in [0.2, 0.25) is 0 Å². The van der Waals surface area contributed by atoms with E-state index < -0.39 is 0 Å². The largest absolute Gasteiger partial charge is 0.396 e. The van der Waals surface area contributed by atoms with Crippen LogP contribution in [0.1, 0.15) is 38.5 Å². The van der Waals surface area contributed by atoms with Gasteiger partial charge in [-0.3, -0.25) is 4.90 Å². The number of ether oxygens (including phenoxy) is 2. The van der Waals surface area contributed by atoms with Crippen LogP contribution in [0.5, 0.6) is 0 Å². The highest BCUT2D eigenvalue weighted by Crippen LogP contribution is 2.36. The lowest BCUT2D eigenvalue weighted by Crippen LogP contribution is -2.39. The van der Waals surface area contributed by atoms with E-state index in [0.717, 1.165) is 32.5 Å². The van der Waals surface area contributed by atoms with E-state index in [0.29, 0.717) is 6.61 Å². The van der Waals surface area contributed by atoms with Crippen molar-refractivity contribution in [3.05, 3.63) is 0 Å². The van der Waals surface area contributed by atoms with E-state index >= 15 is 0 Å². The van der Waals surface area contributed by atoms with Crippen LogP contribution in [0.15, 0.2) is 0 Å². The molecule has 2 fully saturated rings. The molecule has 4 heteroatoms. The molecular weight excluding hydrogens is 242 g/mol. The molecule has 0 bridgehead atoms. The third kappa shape index (κ3) is 3.69. The Kier molecular flexibility index (Phi) is 5.63. The molecule has 0 aromatic heterocycles. The van der Waals surface area contributed by atoms with Gasteiger partial charge in [0.05, 0.1) is 12.2 Å². The predicted molar refractivity (Wildman–Crippen MR) is 75.3 cm³/mol. The quantitative estimate of drug-likeness (QED) is 0.772. The molecule has 4 nitrogen and oxygen atoms in total. The fourth-order valence-corrected chi connectivity index (χ4v) is 3.72. The zero-order chi connectivity index (χ0) is 13.7. The van der Waals surface area contributed by atoms with Crippen molar-refractivity contribution in [2.75, 3.05) is 40.5 Å². The lowest BCUT2D eigenvalue weighted by Gasteiger charge is -2.35. The number of aliphatic hydroxyl groups excluding tert-OH is 1. The van der Waals surface area contributed by atoms with Crippen LogP contribution in [-0.4, -0.2) is 62.7 Å². The number of hydrogen-bond donors (Lipinski definition) is 1. The second-order valence-electron chi connectivity index (χ2n) is 6.31. The molecule has 0 aromatic rings. The standard InChI is InChI=1S/C15H29NO3/c1-18-13-9-16(10-14(13)19-2)11-15(12-17)7-5-3-4-6-8-15/h13-14,17H,3-12H2,1-2H3. The number of likely N-dealkylation sites (tertiary alicyclic amines) is 1. The molecule has 1 N–H and O–H groups in total. The lowest BCUT2D eigenvalue weighted by atomic mass is 9.80. The molecule has 2 unspecified atom stereocenters. The summed E-state index contributed by atoms with van der Waals surface area (Å²) in [6, 6.07) is 0. The number of methoxy groups -OCH3 is 2. The Morgan fingerprint density at radius 1 is 1.00 bits per heavy atom. The Morgan fingerprint density at radius 2 is 1.53 bits per heavy atom. The van der Waals surface area contributed by atoms with E-state index in [4.69, 9.17) is 9.47 Å². The minimum absolute atomic E-state index is 0.109. The summed E-state index contributed by atoms with van der Waals surface area (Å²) in [7, 11) is 3.52. The van der Waals surface area contributed by atoms with Crippen molar-refractivity contribution in [1.82, 2.24) is 4.90 Å². The molecule has 0 aromatic carbocycles. The van der Waals surface area contributed by atoms with Gasteiger partial charge < -0.3 is 14.6 Å². The number of rotatable bonds is 5. The summed E-state index contributed by atoms with van der Waals surface area (Å²) >= 11 is 0. The maximum Gasteiger partial charge on any atom is 0.0971 e. The van der Waals surface area contributed by atoms with Crippen LogP contribution in [-0.2, 0) is 9.47 Å². The van der Waals surface area contributed by atoms with Crippen molar-refractivity contribution < 1.29 is 14.6 Å². The number of nitrogens with zero attached hydrogens (tertiary/aromatic N) is 1. The molecule has 0 spiro atoms. The van der Waals surface area contributed by atoms with Crippen molar-refractivity contribution in [3.8, 4) is 0 Å². The first-order chi connectivity index (χ1) is 9.23. The van der Waals surface area contributed by atoms with Gasteiger partial charge in [0.25, 0.3) is 0 Å². The zero-order valence-corrected chi connectivity index (χ0v) is 12.4. The molecular formula is C15H29NO3. The molecule has 19 heavy (non-hydrogen) atoms. The first kappa shape index (κ1) is 15.2. The van der Waals surface area contributed by atoms with Crippen LogP contribution in [0.3, 0.4) is 0 Å².